The van der Waals surface area contributed by atoms with Crippen LogP contribution in [0.3, 0.4) is 0 Å². The summed E-state index contributed by atoms with van der Waals surface area (Å²) in [5.41, 5.74) is 0. The standard InChI is InChI=1S/C3H3NO2.2C3H6O2/c1-6-3(5)2-4;2*1-3(4)5-2/h1H3;2*1-2H3. The van der Waals surface area contributed by atoms with Crippen molar-refractivity contribution in [3.63, 3.8) is 0 Å². The number of carbonyl (C=O) groups is 3. The second kappa shape index (κ2) is 15.4. The molecule has 0 amide bonds. The Morgan fingerprint density at radius 3 is 1.12 bits per heavy atom. The molecule has 0 N–H and O–H groups in total. The van der Waals surface area contributed by atoms with Crippen molar-refractivity contribution >= 4 is 17.9 Å². The summed E-state index contributed by atoms with van der Waals surface area (Å²) in [6.45, 7) is 2.72. The molecule has 0 saturated carbocycles. The Morgan fingerprint density at radius 2 is 1.12 bits per heavy atom. The zero-order valence-electron chi connectivity index (χ0n) is 9.90. The first-order chi connectivity index (χ1) is 7.35. The van der Waals surface area contributed by atoms with Gasteiger partial charge in [-0.3, -0.25) is 9.59 Å². The van der Waals surface area contributed by atoms with Crippen LogP contribution in [0.15, 0.2) is 0 Å². The van der Waals surface area contributed by atoms with Crippen LogP contribution in [0.5, 0.6) is 0 Å². The van der Waals surface area contributed by atoms with Crippen molar-refractivity contribution in [3.05, 3.63) is 0 Å². The first kappa shape index (κ1) is 19.5. The molecular weight excluding hydrogens is 218 g/mol. The maximum Gasteiger partial charge on any atom is 0.410 e. The van der Waals surface area contributed by atoms with E-state index in [2.05, 4.69) is 14.2 Å². The van der Waals surface area contributed by atoms with Crippen LogP contribution in [0.1, 0.15) is 13.8 Å². The van der Waals surface area contributed by atoms with E-state index in [4.69, 9.17) is 5.26 Å². The highest BCUT2D eigenvalue weighted by atomic mass is 16.5. The van der Waals surface area contributed by atoms with Gasteiger partial charge in [-0.05, 0) is 0 Å². The molecule has 0 aliphatic rings. The van der Waals surface area contributed by atoms with Gasteiger partial charge in [0.05, 0.1) is 21.3 Å². The molecule has 0 radical (unpaired) electrons. The fourth-order valence-corrected chi connectivity index (χ4v) is 0.0456. The molecule has 0 saturated heterocycles. The lowest BCUT2D eigenvalue weighted by molar-refractivity contribution is -0.138. The van der Waals surface area contributed by atoms with Crippen molar-refractivity contribution in [1.82, 2.24) is 0 Å². The van der Waals surface area contributed by atoms with Gasteiger partial charge in [0.15, 0.2) is 6.07 Å². The van der Waals surface area contributed by atoms with Gasteiger partial charge in [-0.2, -0.15) is 5.26 Å². The van der Waals surface area contributed by atoms with Crippen LogP contribution in [0.2, 0.25) is 0 Å². The van der Waals surface area contributed by atoms with Crippen molar-refractivity contribution < 1.29 is 28.6 Å². The van der Waals surface area contributed by atoms with Crippen LogP contribution >= 0.6 is 0 Å². The number of ether oxygens (including phenoxy) is 3. The molecule has 7 heteroatoms. The molecule has 0 rings (SSSR count). The van der Waals surface area contributed by atoms with Gasteiger partial charge in [0.2, 0.25) is 0 Å². The summed E-state index contributed by atoms with van der Waals surface area (Å²) in [5.74, 6) is -1.34. The smallest absolute Gasteiger partial charge is 0.410 e. The third kappa shape index (κ3) is 40.6. The minimum Gasteiger partial charge on any atom is -0.469 e. The number of nitrogens with zero attached hydrogens (tertiary/aromatic N) is 1. The van der Waals surface area contributed by atoms with Crippen molar-refractivity contribution in [2.45, 2.75) is 13.8 Å². The zero-order valence-corrected chi connectivity index (χ0v) is 9.90. The van der Waals surface area contributed by atoms with Gasteiger partial charge >= 0.3 is 17.9 Å². The van der Waals surface area contributed by atoms with E-state index in [-0.39, 0.29) is 11.9 Å². The number of nitriles is 1. The van der Waals surface area contributed by atoms with E-state index >= 15 is 0 Å². The lowest BCUT2D eigenvalue weighted by Crippen LogP contribution is -1.92. The van der Waals surface area contributed by atoms with Crippen LogP contribution in [-0.4, -0.2) is 39.2 Å². The molecule has 0 aliphatic heterocycles. The molecule has 0 bridgehead atoms. The van der Waals surface area contributed by atoms with Crippen molar-refractivity contribution in [2.75, 3.05) is 21.3 Å². The summed E-state index contributed by atoms with van der Waals surface area (Å²) in [5, 5.41) is 7.61. The summed E-state index contributed by atoms with van der Waals surface area (Å²) in [6, 6.07) is 1.25. The molecule has 0 unspecified atom stereocenters. The Balaban J connectivity index is -0.000000160. The molecule has 0 spiro atoms. The lowest BCUT2D eigenvalue weighted by atomic mass is 10.8. The first-order valence-corrected chi connectivity index (χ1v) is 3.92. The van der Waals surface area contributed by atoms with Crippen LogP contribution in [0, 0.1) is 11.3 Å². The van der Waals surface area contributed by atoms with Gasteiger partial charge in [-0.1, -0.05) is 0 Å². The molecule has 0 aliphatic carbocycles. The Morgan fingerprint density at radius 1 is 0.875 bits per heavy atom. The van der Waals surface area contributed by atoms with Crippen LogP contribution in [0.4, 0.5) is 0 Å². The van der Waals surface area contributed by atoms with E-state index in [0.29, 0.717) is 0 Å². The monoisotopic (exact) mass is 233 g/mol. The molecule has 0 aromatic rings. The topological polar surface area (TPSA) is 103 Å². The fraction of sp³-hybridized carbons (Fsp3) is 0.556. The van der Waals surface area contributed by atoms with Gasteiger partial charge in [0, 0.05) is 13.8 Å². The first-order valence-electron chi connectivity index (χ1n) is 3.92. The molecule has 0 aromatic heterocycles. The van der Waals surface area contributed by atoms with Gasteiger partial charge in [0.1, 0.15) is 0 Å². The maximum absolute atomic E-state index is 9.60. The van der Waals surface area contributed by atoms with E-state index in [0.717, 1.165) is 7.11 Å². The van der Waals surface area contributed by atoms with Crippen LogP contribution < -0.4 is 0 Å². The average molecular weight is 233 g/mol. The molecule has 92 valence electrons. The molecule has 0 atom stereocenters. The molecule has 0 aromatic carbocycles. The molecule has 0 fully saturated rings. The van der Waals surface area contributed by atoms with Crippen LogP contribution in [0.25, 0.3) is 0 Å². The number of hydrogen-bond donors (Lipinski definition) is 0. The highest BCUT2D eigenvalue weighted by molar-refractivity contribution is 5.85. The van der Waals surface area contributed by atoms with Gasteiger partial charge in [-0.25, -0.2) is 4.79 Å². The van der Waals surface area contributed by atoms with Crippen molar-refractivity contribution in [3.8, 4) is 6.07 Å². The maximum atomic E-state index is 9.60. The third-order valence-corrected chi connectivity index (χ3v) is 0.852. The quantitative estimate of drug-likeness (QED) is 0.330. The predicted molar refractivity (Wildman–Crippen MR) is 53.0 cm³/mol. The van der Waals surface area contributed by atoms with Gasteiger partial charge in [-0.15, -0.1) is 0 Å². The predicted octanol–water partition coefficient (Wildman–Crippen LogP) is 0.0416. The number of rotatable bonds is 0. The highest BCUT2D eigenvalue weighted by Gasteiger charge is 1.87. The minimum atomic E-state index is -0.852. The second-order valence-electron chi connectivity index (χ2n) is 1.99. The van der Waals surface area contributed by atoms with Crippen LogP contribution in [-0.2, 0) is 28.6 Å². The minimum absolute atomic E-state index is 0.245. The second-order valence-corrected chi connectivity index (χ2v) is 1.99. The van der Waals surface area contributed by atoms with Crippen molar-refractivity contribution in [1.29, 1.82) is 5.26 Å². The zero-order chi connectivity index (χ0) is 13.6. The molecule has 0 heterocycles. The Labute approximate surface area is 93.9 Å². The van der Waals surface area contributed by atoms with E-state index in [1.54, 1.807) is 0 Å². The Kier molecular flexibility index (Phi) is 18.7. The summed E-state index contributed by atoms with van der Waals surface area (Å²) < 4.78 is 12.1. The third-order valence-electron chi connectivity index (χ3n) is 0.852. The van der Waals surface area contributed by atoms with E-state index in [1.807, 2.05) is 0 Å². The summed E-state index contributed by atoms with van der Waals surface area (Å²) in [7, 11) is 3.86. The van der Waals surface area contributed by atoms with E-state index < -0.39 is 5.97 Å². The van der Waals surface area contributed by atoms with E-state index in [9.17, 15) is 14.4 Å². The molecule has 16 heavy (non-hydrogen) atoms. The summed E-state index contributed by atoms with van der Waals surface area (Å²) >= 11 is 0. The summed E-state index contributed by atoms with van der Waals surface area (Å²) in [4.78, 5) is 28.8. The van der Waals surface area contributed by atoms with Crippen molar-refractivity contribution in [2.24, 2.45) is 0 Å². The lowest BCUT2D eigenvalue weighted by Gasteiger charge is -1.80. The highest BCUT2D eigenvalue weighted by Crippen LogP contribution is 1.62. The Bertz CT molecular complexity index is 241. The number of hydrogen-bond acceptors (Lipinski definition) is 7. The fourth-order valence-electron chi connectivity index (χ4n) is 0.0456. The SMILES string of the molecule is COC(=O)C#N.COC(C)=O.COC(C)=O. The van der Waals surface area contributed by atoms with E-state index in [1.165, 1.54) is 34.1 Å². The normalized spacial score (nSPS) is 6.50. The summed E-state index contributed by atoms with van der Waals surface area (Å²) in [6.07, 6.45) is 0. The number of esters is 3. The molecule has 7 nitrogen and oxygen atoms in total. The van der Waals surface area contributed by atoms with Gasteiger partial charge < -0.3 is 14.2 Å². The number of carbonyl (C=O) groups excluding carboxylic acids is 3. The molecular formula is C9H15NO6. The Hall–Kier alpha value is -2.10. The average Bonchev–Trinajstić information content (AvgIpc) is 2.29. The van der Waals surface area contributed by atoms with Gasteiger partial charge in [0.25, 0.3) is 0 Å². The number of methoxy groups -OCH3 is 3. The largest absolute Gasteiger partial charge is 0.469 e.